The van der Waals surface area contributed by atoms with Crippen LogP contribution < -0.4 is 0 Å². The molecule has 0 bridgehead atoms. The minimum Gasteiger partial charge on any atom is -0.390 e. The predicted octanol–water partition coefficient (Wildman–Crippen LogP) is 3.75. The van der Waals surface area contributed by atoms with Crippen molar-refractivity contribution in [3.8, 4) is 0 Å². The summed E-state index contributed by atoms with van der Waals surface area (Å²) in [7, 11) is 0. The topological polar surface area (TPSA) is 20.2 Å². The van der Waals surface area contributed by atoms with E-state index in [9.17, 15) is 5.11 Å². The van der Waals surface area contributed by atoms with E-state index in [1.165, 1.54) is 12.8 Å². The Balaban J connectivity index is 2.48. The van der Waals surface area contributed by atoms with Crippen molar-refractivity contribution < 1.29 is 5.11 Å². The van der Waals surface area contributed by atoms with Crippen LogP contribution in [0.3, 0.4) is 0 Å². The second-order valence-electron chi connectivity index (χ2n) is 6.16. The number of hydrogen-bond acceptors (Lipinski definition) is 1. The molecule has 0 aliphatic heterocycles. The molecule has 0 aromatic heterocycles. The summed E-state index contributed by atoms with van der Waals surface area (Å²) in [4.78, 5) is 0. The van der Waals surface area contributed by atoms with Crippen LogP contribution >= 0.6 is 0 Å². The predicted molar refractivity (Wildman–Crippen MR) is 61.3 cm³/mol. The van der Waals surface area contributed by atoms with Gasteiger partial charge < -0.3 is 5.11 Å². The number of hydrogen-bond donors (Lipinski definition) is 1. The van der Waals surface area contributed by atoms with E-state index in [1.807, 2.05) is 0 Å². The smallest absolute Gasteiger partial charge is 0.0675 e. The van der Waals surface area contributed by atoms with Crippen molar-refractivity contribution in [1.82, 2.24) is 0 Å². The zero-order valence-corrected chi connectivity index (χ0v) is 10.3. The van der Waals surface area contributed by atoms with Crippen LogP contribution in [0.15, 0.2) is 0 Å². The van der Waals surface area contributed by atoms with E-state index in [4.69, 9.17) is 0 Å². The Hall–Kier alpha value is -0.0400. The standard InChI is InChI=1S/C13H26O/c1-5-11-7-6-8-13(11,14)10-9-12(2,3)4/h11,14H,5-10H2,1-4H3. The number of aliphatic hydroxyl groups is 1. The highest BCUT2D eigenvalue weighted by atomic mass is 16.3. The van der Waals surface area contributed by atoms with Gasteiger partial charge in [-0.25, -0.2) is 0 Å². The highest BCUT2D eigenvalue weighted by molar-refractivity contribution is 4.92. The Kier molecular flexibility index (Phi) is 3.63. The molecular weight excluding hydrogens is 172 g/mol. The van der Waals surface area contributed by atoms with Crippen LogP contribution in [0.1, 0.15) is 66.2 Å². The quantitative estimate of drug-likeness (QED) is 0.732. The summed E-state index contributed by atoms with van der Waals surface area (Å²) in [6.45, 7) is 8.98. The van der Waals surface area contributed by atoms with Gasteiger partial charge in [0.15, 0.2) is 0 Å². The zero-order chi connectivity index (χ0) is 10.8. The van der Waals surface area contributed by atoms with Crippen molar-refractivity contribution in [3.05, 3.63) is 0 Å². The molecule has 0 aromatic rings. The lowest BCUT2D eigenvalue weighted by atomic mass is 9.79. The van der Waals surface area contributed by atoms with E-state index in [0.717, 1.165) is 25.7 Å². The lowest BCUT2D eigenvalue weighted by Crippen LogP contribution is -2.33. The van der Waals surface area contributed by atoms with Crippen LogP contribution in [-0.4, -0.2) is 10.7 Å². The SMILES string of the molecule is CCC1CCCC1(O)CCC(C)(C)C. The van der Waals surface area contributed by atoms with Crippen molar-refractivity contribution in [2.24, 2.45) is 11.3 Å². The molecule has 1 aliphatic carbocycles. The molecule has 14 heavy (non-hydrogen) atoms. The third-order valence-corrected chi connectivity index (χ3v) is 3.72. The largest absolute Gasteiger partial charge is 0.390 e. The van der Waals surface area contributed by atoms with Gasteiger partial charge in [-0.2, -0.15) is 0 Å². The molecule has 1 aliphatic rings. The molecule has 2 atom stereocenters. The molecule has 0 heterocycles. The van der Waals surface area contributed by atoms with Crippen LogP contribution in [-0.2, 0) is 0 Å². The van der Waals surface area contributed by atoms with E-state index in [1.54, 1.807) is 0 Å². The van der Waals surface area contributed by atoms with E-state index in [2.05, 4.69) is 27.7 Å². The summed E-state index contributed by atoms with van der Waals surface area (Å²) >= 11 is 0. The average Bonchev–Trinajstić information content (AvgIpc) is 2.43. The molecule has 1 fully saturated rings. The molecular formula is C13H26O. The first kappa shape index (κ1) is 12.0. The van der Waals surface area contributed by atoms with Crippen LogP contribution in [0.5, 0.6) is 0 Å². The minimum absolute atomic E-state index is 0.331. The first-order valence-electron chi connectivity index (χ1n) is 6.10. The second kappa shape index (κ2) is 4.22. The van der Waals surface area contributed by atoms with Crippen molar-refractivity contribution in [2.45, 2.75) is 71.8 Å². The van der Waals surface area contributed by atoms with Gasteiger partial charge in [0.25, 0.3) is 0 Å². The van der Waals surface area contributed by atoms with Crippen LogP contribution in [0.2, 0.25) is 0 Å². The maximum absolute atomic E-state index is 10.5. The van der Waals surface area contributed by atoms with Crippen molar-refractivity contribution in [1.29, 1.82) is 0 Å². The molecule has 0 saturated heterocycles. The fourth-order valence-corrected chi connectivity index (χ4v) is 2.63. The summed E-state index contributed by atoms with van der Waals surface area (Å²) in [5, 5.41) is 10.5. The van der Waals surface area contributed by atoms with Crippen LogP contribution in [0, 0.1) is 11.3 Å². The minimum atomic E-state index is -0.331. The van der Waals surface area contributed by atoms with E-state index < -0.39 is 0 Å². The lowest BCUT2D eigenvalue weighted by molar-refractivity contribution is -0.0155. The first-order chi connectivity index (χ1) is 6.37. The highest BCUT2D eigenvalue weighted by Crippen LogP contribution is 2.42. The van der Waals surface area contributed by atoms with E-state index in [-0.39, 0.29) is 5.60 Å². The summed E-state index contributed by atoms with van der Waals surface area (Å²) in [6, 6.07) is 0. The Morgan fingerprint density at radius 1 is 1.36 bits per heavy atom. The van der Waals surface area contributed by atoms with Gasteiger partial charge in [0.2, 0.25) is 0 Å². The lowest BCUT2D eigenvalue weighted by Gasteiger charge is -2.32. The number of rotatable bonds is 3. The van der Waals surface area contributed by atoms with Gasteiger partial charge in [0.05, 0.1) is 5.60 Å². The third kappa shape index (κ3) is 2.98. The Morgan fingerprint density at radius 2 is 2.00 bits per heavy atom. The van der Waals surface area contributed by atoms with Crippen LogP contribution in [0.25, 0.3) is 0 Å². The normalized spacial score (nSPS) is 33.6. The fourth-order valence-electron chi connectivity index (χ4n) is 2.63. The van der Waals surface area contributed by atoms with E-state index in [0.29, 0.717) is 11.3 Å². The molecule has 2 unspecified atom stereocenters. The summed E-state index contributed by atoms with van der Waals surface area (Å²) < 4.78 is 0. The molecule has 0 radical (unpaired) electrons. The molecule has 0 aromatic carbocycles. The van der Waals surface area contributed by atoms with Crippen molar-refractivity contribution in [3.63, 3.8) is 0 Å². The molecule has 1 N–H and O–H groups in total. The second-order valence-corrected chi connectivity index (χ2v) is 6.16. The summed E-state index contributed by atoms with van der Waals surface area (Å²) in [6.07, 6.45) is 6.76. The van der Waals surface area contributed by atoms with Gasteiger partial charge in [0.1, 0.15) is 0 Å². The van der Waals surface area contributed by atoms with Gasteiger partial charge in [-0.3, -0.25) is 0 Å². The molecule has 0 spiro atoms. The van der Waals surface area contributed by atoms with Crippen molar-refractivity contribution >= 4 is 0 Å². The van der Waals surface area contributed by atoms with Gasteiger partial charge in [-0.1, -0.05) is 40.5 Å². The van der Waals surface area contributed by atoms with E-state index >= 15 is 0 Å². The molecule has 1 rings (SSSR count). The van der Waals surface area contributed by atoms with Gasteiger partial charge >= 0.3 is 0 Å². The Morgan fingerprint density at radius 3 is 2.50 bits per heavy atom. The van der Waals surface area contributed by atoms with Gasteiger partial charge in [-0.15, -0.1) is 0 Å². The molecule has 0 amide bonds. The molecule has 84 valence electrons. The van der Waals surface area contributed by atoms with Crippen molar-refractivity contribution in [2.75, 3.05) is 0 Å². The van der Waals surface area contributed by atoms with Crippen LogP contribution in [0.4, 0.5) is 0 Å². The third-order valence-electron chi connectivity index (χ3n) is 3.72. The summed E-state index contributed by atoms with van der Waals surface area (Å²) in [5.74, 6) is 0.560. The fraction of sp³-hybridized carbons (Fsp3) is 1.00. The Bertz CT molecular complexity index is 180. The molecule has 1 saturated carbocycles. The zero-order valence-electron chi connectivity index (χ0n) is 10.3. The maximum Gasteiger partial charge on any atom is 0.0675 e. The Labute approximate surface area is 88.9 Å². The van der Waals surface area contributed by atoms with Gasteiger partial charge in [0, 0.05) is 0 Å². The highest BCUT2D eigenvalue weighted by Gasteiger charge is 2.39. The monoisotopic (exact) mass is 198 g/mol. The first-order valence-corrected chi connectivity index (χ1v) is 6.10. The maximum atomic E-state index is 10.5. The molecule has 1 heteroatoms. The molecule has 1 nitrogen and oxygen atoms in total. The summed E-state index contributed by atoms with van der Waals surface area (Å²) in [5.41, 5.74) is 0.0264. The average molecular weight is 198 g/mol. The van der Waals surface area contributed by atoms with Gasteiger partial charge in [-0.05, 0) is 37.0 Å².